The molecule has 0 radical (unpaired) electrons. The van der Waals surface area contributed by atoms with Crippen molar-refractivity contribution in [2.75, 3.05) is 4.72 Å². The van der Waals surface area contributed by atoms with Crippen LogP contribution in [0, 0.1) is 5.92 Å². The Morgan fingerprint density at radius 1 is 1.18 bits per heavy atom. The third-order valence-electron chi connectivity index (χ3n) is 5.26. The summed E-state index contributed by atoms with van der Waals surface area (Å²) in [4.78, 5) is 12.4. The van der Waals surface area contributed by atoms with E-state index in [4.69, 9.17) is 0 Å². The van der Waals surface area contributed by atoms with Gasteiger partial charge in [0.05, 0.1) is 6.42 Å². The molecule has 1 aliphatic rings. The predicted molar refractivity (Wildman–Crippen MR) is 114 cm³/mol. The molecule has 1 heterocycles. The average Bonchev–Trinajstić information content (AvgIpc) is 3.34. The molecule has 7 heteroatoms. The van der Waals surface area contributed by atoms with Crippen LogP contribution in [0.5, 0.6) is 0 Å². The van der Waals surface area contributed by atoms with Gasteiger partial charge in [0.15, 0.2) is 0 Å². The van der Waals surface area contributed by atoms with Crippen molar-refractivity contribution < 1.29 is 13.2 Å². The lowest BCUT2D eigenvalue weighted by Crippen LogP contribution is -2.38. The van der Waals surface area contributed by atoms with Crippen LogP contribution in [0.1, 0.15) is 51.0 Å². The quantitative estimate of drug-likeness (QED) is 0.624. The zero-order valence-electron chi connectivity index (χ0n) is 16.2. The van der Waals surface area contributed by atoms with Crippen molar-refractivity contribution in [1.29, 1.82) is 0 Å². The Balaban J connectivity index is 1.53. The monoisotopic (exact) mass is 420 g/mol. The van der Waals surface area contributed by atoms with Crippen LogP contribution >= 0.6 is 11.3 Å². The highest BCUT2D eigenvalue weighted by Gasteiger charge is 2.27. The zero-order valence-corrected chi connectivity index (χ0v) is 17.8. The van der Waals surface area contributed by atoms with Crippen LogP contribution in [-0.4, -0.2) is 20.4 Å². The number of hydrogen-bond acceptors (Lipinski definition) is 4. The molecule has 0 aliphatic heterocycles. The molecule has 2 aromatic rings. The lowest BCUT2D eigenvalue weighted by Gasteiger charge is -2.21. The fourth-order valence-electron chi connectivity index (χ4n) is 3.79. The van der Waals surface area contributed by atoms with Gasteiger partial charge in [-0.15, -0.1) is 11.3 Å². The van der Waals surface area contributed by atoms with Gasteiger partial charge in [0.1, 0.15) is 4.21 Å². The number of nitrogens with one attached hydrogen (secondary N) is 2. The minimum atomic E-state index is -3.55. The van der Waals surface area contributed by atoms with Gasteiger partial charge < -0.3 is 5.32 Å². The Morgan fingerprint density at radius 2 is 1.96 bits per heavy atom. The Kier molecular flexibility index (Phi) is 7.13. The molecule has 0 spiro atoms. The second-order valence-electron chi connectivity index (χ2n) is 7.42. The van der Waals surface area contributed by atoms with E-state index in [1.54, 1.807) is 41.8 Å². The van der Waals surface area contributed by atoms with Crippen molar-refractivity contribution in [2.45, 2.75) is 62.1 Å². The summed E-state index contributed by atoms with van der Waals surface area (Å²) >= 11 is 1.18. The first-order valence-electron chi connectivity index (χ1n) is 9.92. The van der Waals surface area contributed by atoms with E-state index in [-0.39, 0.29) is 10.1 Å². The van der Waals surface area contributed by atoms with Crippen molar-refractivity contribution in [2.24, 2.45) is 5.92 Å². The minimum Gasteiger partial charge on any atom is -0.353 e. The Morgan fingerprint density at radius 3 is 2.64 bits per heavy atom. The molecule has 1 aromatic heterocycles. The van der Waals surface area contributed by atoms with E-state index < -0.39 is 10.0 Å². The second kappa shape index (κ2) is 9.56. The highest BCUT2D eigenvalue weighted by atomic mass is 32.2. The van der Waals surface area contributed by atoms with E-state index in [0.29, 0.717) is 24.1 Å². The number of unbranched alkanes of at least 4 members (excludes halogenated alkanes) is 1. The summed E-state index contributed by atoms with van der Waals surface area (Å²) in [6.45, 7) is 2.20. The third-order valence-corrected chi connectivity index (χ3v) is 8.04. The van der Waals surface area contributed by atoms with Gasteiger partial charge in [-0.1, -0.05) is 44.4 Å². The van der Waals surface area contributed by atoms with E-state index >= 15 is 0 Å². The summed E-state index contributed by atoms with van der Waals surface area (Å²) in [6, 6.07) is 10.6. The Bertz CT molecular complexity index is 862. The largest absolute Gasteiger partial charge is 0.353 e. The van der Waals surface area contributed by atoms with Crippen LogP contribution < -0.4 is 10.0 Å². The van der Waals surface area contributed by atoms with Crippen molar-refractivity contribution in [3.63, 3.8) is 0 Å². The maximum atomic E-state index is 12.4. The first-order chi connectivity index (χ1) is 13.5. The van der Waals surface area contributed by atoms with Crippen LogP contribution in [0.25, 0.3) is 0 Å². The van der Waals surface area contributed by atoms with E-state index in [2.05, 4.69) is 17.0 Å². The van der Waals surface area contributed by atoms with Gasteiger partial charge in [-0.2, -0.15) is 0 Å². The van der Waals surface area contributed by atoms with Gasteiger partial charge in [-0.3, -0.25) is 9.52 Å². The molecule has 2 unspecified atom stereocenters. The molecule has 1 aromatic carbocycles. The van der Waals surface area contributed by atoms with Gasteiger partial charge in [0.25, 0.3) is 10.0 Å². The lowest BCUT2D eigenvalue weighted by atomic mass is 9.96. The predicted octanol–water partition coefficient (Wildman–Crippen LogP) is 4.57. The van der Waals surface area contributed by atoms with Crippen LogP contribution in [-0.2, 0) is 21.2 Å². The highest BCUT2D eigenvalue weighted by Crippen LogP contribution is 2.30. The lowest BCUT2D eigenvalue weighted by molar-refractivity contribution is -0.121. The number of carbonyl (C=O) groups is 1. The molecule has 2 atom stereocenters. The SMILES string of the molecule is CCCCC1CCCC1NC(=O)Cc1ccc(NS(=O)(=O)c2cccs2)cc1. The standard InChI is InChI=1S/C21H28N2O3S2/c1-2-3-6-17-7-4-8-19(17)22-20(24)15-16-10-12-18(13-11-16)23-28(25,26)21-9-5-14-27-21/h5,9-14,17,19,23H,2-4,6-8,15H2,1H3,(H,22,24). The number of carbonyl (C=O) groups excluding carboxylic acids is 1. The number of hydrogen-bond donors (Lipinski definition) is 2. The first-order valence-corrected chi connectivity index (χ1v) is 12.3. The van der Waals surface area contributed by atoms with Gasteiger partial charge in [-0.25, -0.2) is 8.42 Å². The Labute approximate surface area is 171 Å². The number of anilines is 1. The summed E-state index contributed by atoms with van der Waals surface area (Å²) < 4.78 is 27.4. The summed E-state index contributed by atoms with van der Waals surface area (Å²) in [5.74, 6) is 0.651. The molecule has 1 amide bonds. The molecule has 0 saturated heterocycles. The topological polar surface area (TPSA) is 75.3 Å². The van der Waals surface area contributed by atoms with Gasteiger partial charge in [0, 0.05) is 11.7 Å². The maximum absolute atomic E-state index is 12.4. The van der Waals surface area contributed by atoms with Crippen molar-refractivity contribution in [3.05, 3.63) is 47.3 Å². The van der Waals surface area contributed by atoms with Gasteiger partial charge in [0.2, 0.25) is 5.91 Å². The van der Waals surface area contributed by atoms with Crippen LogP contribution in [0.4, 0.5) is 5.69 Å². The minimum absolute atomic E-state index is 0.0420. The molecule has 2 N–H and O–H groups in total. The maximum Gasteiger partial charge on any atom is 0.271 e. The first kappa shape index (κ1) is 20.9. The molecule has 28 heavy (non-hydrogen) atoms. The highest BCUT2D eigenvalue weighted by molar-refractivity contribution is 7.94. The molecule has 0 bridgehead atoms. The zero-order chi connectivity index (χ0) is 20.0. The van der Waals surface area contributed by atoms with E-state index in [1.165, 1.54) is 43.4 Å². The second-order valence-corrected chi connectivity index (χ2v) is 10.3. The van der Waals surface area contributed by atoms with Crippen LogP contribution in [0.2, 0.25) is 0 Å². The normalized spacial score (nSPS) is 19.5. The van der Waals surface area contributed by atoms with Gasteiger partial charge >= 0.3 is 0 Å². The smallest absolute Gasteiger partial charge is 0.271 e. The number of sulfonamides is 1. The van der Waals surface area contributed by atoms with Gasteiger partial charge in [-0.05, 0) is 54.3 Å². The molecule has 1 fully saturated rings. The number of thiophene rings is 1. The van der Waals surface area contributed by atoms with E-state index in [1.807, 2.05) is 0 Å². The molecule has 5 nitrogen and oxygen atoms in total. The summed E-state index contributed by atoms with van der Waals surface area (Å²) in [7, 11) is -3.55. The summed E-state index contributed by atoms with van der Waals surface area (Å²) in [5, 5.41) is 4.94. The average molecular weight is 421 g/mol. The molecule has 1 aliphatic carbocycles. The molecule has 152 valence electrons. The molecular formula is C21H28N2O3S2. The van der Waals surface area contributed by atoms with E-state index in [0.717, 1.165) is 12.0 Å². The third kappa shape index (κ3) is 5.58. The van der Waals surface area contributed by atoms with Crippen molar-refractivity contribution in [1.82, 2.24) is 5.32 Å². The fourth-order valence-corrected chi connectivity index (χ4v) is 5.85. The fraction of sp³-hybridized carbons (Fsp3) is 0.476. The number of rotatable bonds is 9. The molecular weight excluding hydrogens is 392 g/mol. The van der Waals surface area contributed by atoms with Crippen molar-refractivity contribution in [3.8, 4) is 0 Å². The van der Waals surface area contributed by atoms with Crippen LogP contribution in [0.15, 0.2) is 46.0 Å². The van der Waals surface area contributed by atoms with E-state index in [9.17, 15) is 13.2 Å². The number of benzene rings is 1. The molecule has 1 saturated carbocycles. The Hall–Kier alpha value is -1.86. The molecule has 3 rings (SSSR count). The summed E-state index contributed by atoms with van der Waals surface area (Å²) in [5.41, 5.74) is 1.37. The summed E-state index contributed by atoms with van der Waals surface area (Å²) in [6.07, 6.45) is 7.40. The van der Waals surface area contributed by atoms with Crippen LogP contribution in [0.3, 0.4) is 0 Å². The van der Waals surface area contributed by atoms with Crippen molar-refractivity contribution >= 4 is 33.0 Å². The number of amides is 1.